The van der Waals surface area contributed by atoms with E-state index in [1.807, 2.05) is 18.2 Å². The SMILES string of the molecule is COc1ccc(CCc2c(Cl)cncc2Cl)c2ccc(Cl)nc12.O=C(O)c1ccc(C(F)(F)F)cc1. The Morgan fingerprint density at radius 2 is 1.58 bits per heavy atom. The third-order valence-electron chi connectivity index (χ3n) is 5.15. The first-order valence-corrected chi connectivity index (χ1v) is 11.4. The number of fused-ring (bicyclic) bond motifs is 1. The number of benzene rings is 2. The zero-order valence-electron chi connectivity index (χ0n) is 18.6. The Morgan fingerprint density at radius 3 is 2.14 bits per heavy atom. The first kappa shape index (κ1) is 27.5. The van der Waals surface area contributed by atoms with Gasteiger partial charge in [-0.05, 0) is 66.4 Å². The molecule has 0 atom stereocenters. The number of aryl methyl sites for hydroxylation is 1. The van der Waals surface area contributed by atoms with Crippen LogP contribution in [0.3, 0.4) is 0 Å². The fraction of sp³-hybridized carbons (Fsp3) is 0.160. The fourth-order valence-electron chi connectivity index (χ4n) is 3.35. The van der Waals surface area contributed by atoms with E-state index < -0.39 is 17.7 Å². The van der Waals surface area contributed by atoms with E-state index in [0.29, 0.717) is 27.4 Å². The molecule has 0 radical (unpaired) electrons. The van der Waals surface area contributed by atoms with E-state index >= 15 is 0 Å². The summed E-state index contributed by atoms with van der Waals surface area (Å²) < 4.78 is 41.3. The number of halogens is 6. The van der Waals surface area contributed by atoms with Crippen molar-refractivity contribution >= 4 is 51.7 Å². The summed E-state index contributed by atoms with van der Waals surface area (Å²) in [7, 11) is 1.62. The van der Waals surface area contributed by atoms with Gasteiger partial charge < -0.3 is 9.84 Å². The van der Waals surface area contributed by atoms with Gasteiger partial charge in [0.1, 0.15) is 16.4 Å². The summed E-state index contributed by atoms with van der Waals surface area (Å²) >= 11 is 18.4. The smallest absolute Gasteiger partial charge is 0.416 e. The fourth-order valence-corrected chi connectivity index (χ4v) is 4.05. The van der Waals surface area contributed by atoms with Crippen molar-refractivity contribution in [3.63, 3.8) is 0 Å². The van der Waals surface area contributed by atoms with E-state index in [1.54, 1.807) is 25.6 Å². The molecule has 5 nitrogen and oxygen atoms in total. The molecule has 36 heavy (non-hydrogen) atoms. The molecular weight excluding hydrogens is 540 g/mol. The molecule has 0 amide bonds. The lowest BCUT2D eigenvalue weighted by Crippen LogP contribution is -2.05. The van der Waals surface area contributed by atoms with Gasteiger partial charge in [-0.2, -0.15) is 13.2 Å². The van der Waals surface area contributed by atoms with Gasteiger partial charge in [-0.3, -0.25) is 4.98 Å². The number of ether oxygens (including phenoxy) is 1. The van der Waals surface area contributed by atoms with Gasteiger partial charge in [0.05, 0.1) is 28.3 Å². The zero-order chi connectivity index (χ0) is 26.5. The molecule has 0 aliphatic rings. The number of methoxy groups -OCH3 is 1. The highest BCUT2D eigenvalue weighted by molar-refractivity contribution is 6.35. The topological polar surface area (TPSA) is 72.3 Å². The third-order valence-corrected chi connectivity index (χ3v) is 6.01. The number of rotatable bonds is 5. The van der Waals surface area contributed by atoms with E-state index in [9.17, 15) is 18.0 Å². The van der Waals surface area contributed by atoms with Crippen molar-refractivity contribution < 1.29 is 27.8 Å². The molecule has 0 aliphatic carbocycles. The second-order valence-corrected chi connectivity index (χ2v) is 8.62. The van der Waals surface area contributed by atoms with Gasteiger partial charge in [0, 0.05) is 17.8 Å². The van der Waals surface area contributed by atoms with Gasteiger partial charge in [-0.15, -0.1) is 0 Å². The summed E-state index contributed by atoms with van der Waals surface area (Å²) in [6, 6.07) is 11.0. The monoisotopic (exact) mass is 556 g/mol. The molecule has 2 heterocycles. The molecule has 0 spiro atoms. The summed E-state index contributed by atoms with van der Waals surface area (Å²) in [6.07, 6.45) is 0.279. The Hall–Kier alpha value is -3.07. The van der Waals surface area contributed by atoms with E-state index in [1.165, 1.54) is 0 Å². The summed E-state index contributed by atoms with van der Waals surface area (Å²) in [6.45, 7) is 0. The molecule has 0 fully saturated rings. The second-order valence-electron chi connectivity index (χ2n) is 7.42. The lowest BCUT2D eigenvalue weighted by molar-refractivity contribution is -0.137. The molecular formula is C25H18Cl3F3N2O3. The number of carboxylic acids is 1. The number of nitrogens with zero attached hydrogens (tertiary/aromatic N) is 2. The number of aromatic nitrogens is 2. The van der Waals surface area contributed by atoms with E-state index in [0.717, 1.165) is 52.7 Å². The van der Waals surface area contributed by atoms with Crippen LogP contribution in [-0.2, 0) is 19.0 Å². The van der Waals surface area contributed by atoms with Gasteiger partial charge in [0.15, 0.2) is 0 Å². The van der Waals surface area contributed by atoms with Crippen LogP contribution in [0.5, 0.6) is 5.75 Å². The van der Waals surface area contributed by atoms with E-state index in [-0.39, 0.29) is 5.56 Å². The third kappa shape index (κ3) is 6.78. The number of pyridine rings is 2. The number of hydrogen-bond donors (Lipinski definition) is 1. The van der Waals surface area contributed by atoms with Crippen LogP contribution in [0.1, 0.15) is 27.0 Å². The summed E-state index contributed by atoms with van der Waals surface area (Å²) in [5.74, 6) is -0.542. The quantitative estimate of drug-likeness (QED) is 0.254. The van der Waals surface area contributed by atoms with Crippen LogP contribution < -0.4 is 4.74 Å². The molecule has 0 saturated carbocycles. The Kier molecular flexibility index (Phi) is 9.00. The van der Waals surface area contributed by atoms with Crippen LogP contribution >= 0.6 is 34.8 Å². The molecule has 0 bridgehead atoms. The maximum Gasteiger partial charge on any atom is 0.416 e. The number of carbonyl (C=O) groups is 1. The van der Waals surface area contributed by atoms with Crippen molar-refractivity contribution in [1.29, 1.82) is 0 Å². The van der Waals surface area contributed by atoms with Gasteiger partial charge in [-0.1, -0.05) is 40.9 Å². The lowest BCUT2D eigenvalue weighted by atomic mass is 10.0. The molecule has 2 aromatic carbocycles. The molecule has 0 saturated heterocycles. The van der Waals surface area contributed by atoms with Crippen LogP contribution in [0.15, 0.2) is 60.9 Å². The minimum Gasteiger partial charge on any atom is -0.494 e. The van der Waals surface area contributed by atoms with Crippen LogP contribution in [0, 0.1) is 0 Å². The normalized spacial score (nSPS) is 11.1. The molecule has 11 heteroatoms. The van der Waals surface area contributed by atoms with Crippen LogP contribution in [-0.4, -0.2) is 28.2 Å². The van der Waals surface area contributed by atoms with Crippen molar-refractivity contribution in [2.45, 2.75) is 19.0 Å². The van der Waals surface area contributed by atoms with Crippen molar-refractivity contribution in [1.82, 2.24) is 9.97 Å². The van der Waals surface area contributed by atoms with Crippen LogP contribution in [0.25, 0.3) is 10.9 Å². The van der Waals surface area contributed by atoms with Crippen LogP contribution in [0.4, 0.5) is 13.2 Å². The zero-order valence-corrected chi connectivity index (χ0v) is 20.9. The highest BCUT2D eigenvalue weighted by Crippen LogP contribution is 2.31. The van der Waals surface area contributed by atoms with Crippen molar-refractivity contribution in [2.24, 2.45) is 0 Å². The van der Waals surface area contributed by atoms with Gasteiger partial charge in [-0.25, -0.2) is 9.78 Å². The standard InChI is InChI=1S/C17H13Cl3N2O.C8H5F3O2/c1-23-15-6-3-10(11-5-7-16(20)22-17(11)15)2-4-12-13(18)8-21-9-14(12)19;9-8(10,11)6-3-1-5(2-4-6)7(12)13/h3,5-9H,2,4H2,1H3;1-4H,(H,12,13). The molecule has 4 aromatic rings. The summed E-state index contributed by atoms with van der Waals surface area (Å²) in [5, 5.41) is 11.0. The number of carboxylic acid groups (broad SMARTS) is 1. The minimum atomic E-state index is -4.42. The van der Waals surface area contributed by atoms with Gasteiger partial charge in [0.25, 0.3) is 0 Å². The molecule has 4 rings (SSSR count). The van der Waals surface area contributed by atoms with E-state index in [2.05, 4.69) is 9.97 Å². The first-order valence-electron chi connectivity index (χ1n) is 10.3. The maximum atomic E-state index is 12.0. The largest absolute Gasteiger partial charge is 0.494 e. The average Bonchev–Trinajstić information content (AvgIpc) is 2.83. The predicted molar refractivity (Wildman–Crippen MR) is 133 cm³/mol. The van der Waals surface area contributed by atoms with Crippen molar-refractivity contribution in [3.8, 4) is 5.75 Å². The number of aromatic carboxylic acids is 1. The summed E-state index contributed by atoms with van der Waals surface area (Å²) in [4.78, 5) is 18.6. The minimum absolute atomic E-state index is 0.159. The second kappa shape index (κ2) is 11.8. The average molecular weight is 558 g/mol. The highest BCUT2D eigenvalue weighted by atomic mass is 35.5. The van der Waals surface area contributed by atoms with Crippen molar-refractivity contribution in [3.05, 3.63) is 98.4 Å². The van der Waals surface area contributed by atoms with Crippen molar-refractivity contribution in [2.75, 3.05) is 7.11 Å². The lowest BCUT2D eigenvalue weighted by Gasteiger charge is -2.11. The molecule has 2 aromatic heterocycles. The first-order chi connectivity index (χ1) is 17.0. The molecule has 188 valence electrons. The highest BCUT2D eigenvalue weighted by Gasteiger charge is 2.30. The predicted octanol–water partition coefficient (Wildman–Crippen LogP) is 7.79. The Bertz CT molecular complexity index is 1360. The Balaban J connectivity index is 0.000000236. The Morgan fingerprint density at radius 1 is 0.944 bits per heavy atom. The maximum absolute atomic E-state index is 12.0. The molecule has 0 aliphatic heterocycles. The number of alkyl halides is 3. The molecule has 1 N–H and O–H groups in total. The Labute approximate surface area is 219 Å². The number of hydrogen-bond acceptors (Lipinski definition) is 4. The molecule has 0 unspecified atom stereocenters. The van der Waals surface area contributed by atoms with Gasteiger partial charge >= 0.3 is 12.1 Å². The summed E-state index contributed by atoms with van der Waals surface area (Å²) in [5.41, 5.74) is 1.78. The van der Waals surface area contributed by atoms with Crippen LogP contribution in [0.2, 0.25) is 15.2 Å². The van der Waals surface area contributed by atoms with Gasteiger partial charge in [0.2, 0.25) is 0 Å². The van der Waals surface area contributed by atoms with E-state index in [4.69, 9.17) is 44.6 Å².